The third-order valence-corrected chi connectivity index (χ3v) is 9.54. The van der Waals surface area contributed by atoms with E-state index in [1.54, 1.807) is 11.1 Å². The molecular formula is C33H43FN4O5. The van der Waals surface area contributed by atoms with E-state index in [1.165, 1.54) is 24.5 Å². The van der Waals surface area contributed by atoms with E-state index in [2.05, 4.69) is 9.97 Å². The molecule has 9 nitrogen and oxygen atoms in total. The van der Waals surface area contributed by atoms with E-state index in [0.29, 0.717) is 18.8 Å². The van der Waals surface area contributed by atoms with Gasteiger partial charge in [-0.1, -0.05) is 0 Å². The molecule has 10 heteroatoms. The first-order chi connectivity index (χ1) is 20.4. The van der Waals surface area contributed by atoms with Crippen molar-refractivity contribution >= 4 is 12.0 Å². The zero-order valence-electron chi connectivity index (χ0n) is 25.8. The molecule has 0 unspecified atom stereocenters. The van der Waals surface area contributed by atoms with Crippen molar-refractivity contribution < 1.29 is 28.2 Å². The average molecular weight is 595 g/mol. The minimum atomic E-state index is -0.510. The largest absolute Gasteiger partial charge is 0.453 e. The molecule has 1 saturated carbocycles. The van der Waals surface area contributed by atoms with Gasteiger partial charge in [0.05, 0.1) is 35.7 Å². The number of nitrogens with zero attached hydrogens (tertiary/aromatic N) is 4. The van der Waals surface area contributed by atoms with Crippen molar-refractivity contribution in [1.29, 1.82) is 0 Å². The summed E-state index contributed by atoms with van der Waals surface area (Å²) in [6.45, 7) is 11.0. The third-order valence-electron chi connectivity index (χ3n) is 9.54. The highest BCUT2D eigenvalue weighted by Gasteiger charge is 2.49. The Labute approximate surface area is 253 Å². The van der Waals surface area contributed by atoms with Crippen LogP contribution < -0.4 is 4.74 Å². The van der Waals surface area contributed by atoms with Crippen LogP contribution in [0, 0.1) is 11.2 Å². The Kier molecular flexibility index (Phi) is 7.85. The summed E-state index contributed by atoms with van der Waals surface area (Å²) in [5.74, 6) is 0.185. The Hall–Kier alpha value is -3.27. The SMILES string of the molecule is CC(C)N(C(=O)c1cc(F)ccc1Oc1cncnc1C1CC2(CCN(C(=O)OC(C)(C)C)CC2)C1)[C@@H]1C[C@@H]2CC[C@H]1O2. The van der Waals surface area contributed by atoms with Gasteiger partial charge in [0.15, 0.2) is 5.75 Å². The van der Waals surface area contributed by atoms with E-state index >= 15 is 0 Å². The summed E-state index contributed by atoms with van der Waals surface area (Å²) in [5, 5.41) is 0. The summed E-state index contributed by atoms with van der Waals surface area (Å²) in [4.78, 5) is 39.0. The number of hydrogen-bond acceptors (Lipinski definition) is 7. The number of hydrogen-bond donors (Lipinski definition) is 0. The van der Waals surface area contributed by atoms with Crippen LogP contribution in [0.3, 0.4) is 0 Å². The number of benzene rings is 1. The normalized spacial score (nSPS) is 24.7. The zero-order chi connectivity index (χ0) is 30.5. The lowest BCUT2D eigenvalue weighted by atomic mass is 9.56. The van der Waals surface area contributed by atoms with E-state index in [1.807, 2.05) is 39.5 Å². The smallest absolute Gasteiger partial charge is 0.410 e. The first kappa shape index (κ1) is 29.8. The zero-order valence-corrected chi connectivity index (χ0v) is 25.8. The van der Waals surface area contributed by atoms with Crippen molar-refractivity contribution in [3.8, 4) is 11.5 Å². The molecule has 43 heavy (non-hydrogen) atoms. The maximum Gasteiger partial charge on any atom is 0.410 e. The lowest BCUT2D eigenvalue weighted by molar-refractivity contribution is -0.0128. The fraction of sp³-hybridized carbons (Fsp3) is 0.636. The molecule has 0 radical (unpaired) electrons. The molecular weight excluding hydrogens is 551 g/mol. The van der Waals surface area contributed by atoms with Gasteiger partial charge in [-0.3, -0.25) is 4.79 Å². The Balaban J connectivity index is 1.16. The number of fused-ring (bicyclic) bond motifs is 2. The van der Waals surface area contributed by atoms with E-state index in [9.17, 15) is 14.0 Å². The van der Waals surface area contributed by atoms with Gasteiger partial charge in [0.1, 0.15) is 23.5 Å². The highest BCUT2D eigenvalue weighted by molar-refractivity contribution is 5.97. The molecule has 6 rings (SSSR count). The molecule has 232 valence electrons. The van der Waals surface area contributed by atoms with Gasteiger partial charge in [-0.15, -0.1) is 0 Å². The van der Waals surface area contributed by atoms with Gasteiger partial charge < -0.3 is 24.0 Å². The summed E-state index contributed by atoms with van der Waals surface area (Å²) in [6, 6.07) is 3.98. The second-order valence-electron chi connectivity index (χ2n) is 14.1. The molecule has 3 saturated heterocycles. The number of rotatable bonds is 6. The maximum absolute atomic E-state index is 14.6. The maximum atomic E-state index is 14.6. The lowest BCUT2D eigenvalue weighted by Gasteiger charge is -2.52. The summed E-state index contributed by atoms with van der Waals surface area (Å²) in [7, 11) is 0. The van der Waals surface area contributed by atoms with Crippen LogP contribution in [0.1, 0.15) is 102 Å². The highest BCUT2D eigenvalue weighted by Crippen LogP contribution is 2.57. The van der Waals surface area contributed by atoms with Crippen molar-refractivity contribution in [3.05, 3.63) is 47.8 Å². The van der Waals surface area contributed by atoms with Crippen LogP contribution in [0.2, 0.25) is 0 Å². The van der Waals surface area contributed by atoms with Gasteiger partial charge in [-0.05, 0) is 103 Å². The topological polar surface area (TPSA) is 94.1 Å². The second-order valence-corrected chi connectivity index (χ2v) is 14.1. The number of carbonyl (C=O) groups is 2. The highest BCUT2D eigenvalue weighted by atomic mass is 19.1. The van der Waals surface area contributed by atoms with Crippen molar-refractivity contribution in [2.75, 3.05) is 13.1 Å². The Morgan fingerprint density at radius 3 is 2.51 bits per heavy atom. The van der Waals surface area contributed by atoms with Crippen LogP contribution in [0.25, 0.3) is 0 Å². The molecule has 3 aliphatic heterocycles. The Morgan fingerprint density at radius 1 is 1.14 bits per heavy atom. The van der Waals surface area contributed by atoms with Gasteiger partial charge in [0, 0.05) is 25.0 Å². The average Bonchev–Trinajstić information content (AvgIpc) is 3.56. The number of aromatic nitrogens is 2. The van der Waals surface area contributed by atoms with Crippen LogP contribution in [-0.4, -0.2) is 74.8 Å². The molecule has 4 fully saturated rings. The van der Waals surface area contributed by atoms with Crippen molar-refractivity contribution in [2.45, 2.75) is 115 Å². The van der Waals surface area contributed by atoms with Crippen molar-refractivity contribution in [2.24, 2.45) is 5.41 Å². The number of ether oxygens (including phenoxy) is 3. The van der Waals surface area contributed by atoms with E-state index < -0.39 is 11.4 Å². The monoisotopic (exact) mass is 594 g/mol. The summed E-state index contributed by atoms with van der Waals surface area (Å²) in [6.07, 6.45) is 9.56. The molecule has 1 aromatic heterocycles. The standard InChI is InChI=1S/C33H43FN4O5/c1-20(2)38(25-15-23-7-9-27(25)41-23)30(39)24-14-22(34)6-8-26(24)42-28-18-35-19-36-29(28)21-16-33(17-21)10-12-37(13-11-33)31(40)43-32(3,4)5/h6,8,14,18-21,23,25,27H,7,9-13,15-17H2,1-5H3/t23-,25+,27+/m0/s1. The minimum Gasteiger partial charge on any atom is -0.453 e. The predicted molar refractivity (Wildman–Crippen MR) is 158 cm³/mol. The molecule has 2 amide bonds. The molecule has 4 heterocycles. The second kappa shape index (κ2) is 11.3. The molecule has 2 aromatic rings. The summed E-state index contributed by atoms with van der Waals surface area (Å²) in [5.41, 5.74) is 0.623. The van der Waals surface area contributed by atoms with Gasteiger partial charge >= 0.3 is 6.09 Å². The minimum absolute atomic E-state index is 0.0188. The van der Waals surface area contributed by atoms with Gasteiger partial charge in [-0.2, -0.15) is 0 Å². The van der Waals surface area contributed by atoms with Gasteiger partial charge in [0.25, 0.3) is 5.91 Å². The lowest BCUT2D eigenvalue weighted by Crippen LogP contribution is -2.49. The number of piperidine rings is 1. The van der Waals surface area contributed by atoms with Crippen LogP contribution in [0.4, 0.5) is 9.18 Å². The Morgan fingerprint density at radius 2 is 1.88 bits per heavy atom. The van der Waals surface area contributed by atoms with E-state index in [4.69, 9.17) is 14.2 Å². The van der Waals surface area contributed by atoms with Crippen LogP contribution >= 0.6 is 0 Å². The summed E-state index contributed by atoms with van der Waals surface area (Å²) < 4.78 is 32.5. The molecule has 1 aliphatic carbocycles. The molecule has 1 aromatic carbocycles. The van der Waals surface area contributed by atoms with E-state index in [-0.39, 0.29) is 58.9 Å². The van der Waals surface area contributed by atoms with Crippen LogP contribution in [0.5, 0.6) is 11.5 Å². The Bertz CT molecular complexity index is 1360. The van der Waals surface area contributed by atoms with Gasteiger partial charge in [0.2, 0.25) is 0 Å². The van der Waals surface area contributed by atoms with Crippen molar-refractivity contribution in [1.82, 2.24) is 19.8 Å². The quantitative estimate of drug-likeness (QED) is 0.378. The molecule has 2 bridgehead atoms. The number of halogens is 1. The molecule has 0 N–H and O–H groups in total. The first-order valence-corrected chi connectivity index (χ1v) is 15.6. The van der Waals surface area contributed by atoms with E-state index in [0.717, 1.165) is 50.6 Å². The molecule has 3 atom stereocenters. The van der Waals surface area contributed by atoms with Gasteiger partial charge in [-0.25, -0.2) is 19.2 Å². The van der Waals surface area contributed by atoms with Crippen LogP contribution in [0.15, 0.2) is 30.7 Å². The fourth-order valence-electron chi connectivity index (χ4n) is 7.48. The van der Waals surface area contributed by atoms with Crippen molar-refractivity contribution in [3.63, 3.8) is 0 Å². The summed E-state index contributed by atoms with van der Waals surface area (Å²) >= 11 is 0. The predicted octanol–water partition coefficient (Wildman–Crippen LogP) is 6.47. The fourth-order valence-corrected chi connectivity index (χ4v) is 7.48. The number of likely N-dealkylation sites (tertiary alicyclic amines) is 1. The molecule has 4 aliphatic rings. The third kappa shape index (κ3) is 6.08. The number of amides is 2. The first-order valence-electron chi connectivity index (χ1n) is 15.6. The molecule has 1 spiro atoms. The van der Waals surface area contributed by atoms with Crippen LogP contribution in [-0.2, 0) is 9.47 Å². The number of carbonyl (C=O) groups excluding carboxylic acids is 2.